The summed E-state index contributed by atoms with van der Waals surface area (Å²) in [6.07, 6.45) is -1.66. The Balaban J connectivity index is 0. The molecular weight excluding hydrogens is 320 g/mol. The van der Waals surface area contributed by atoms with Gasteiger partial charge in [0, 0.05) is 17.9 Å². The van der Waals surface area contributed by atoms with E-state index in [1.54, 1.807) is 48.5 Å². The molecule has 0 rings (SSSR count). The number of rotatable bonds is 5. The minimum atomic E-state index is -1.07. The van der Waals surface area contributed by atoms with Crippen molar-refractivity contribution < 1.29 is 19.1 Å². The molecule has 0 aromatic heterocycles. The molecule has 0 aliphatic carbocycles. The van der Waals surface area contributed by atoms with Crippen LogP contribution in [0.15, 0.2) is 0 Å². The SMILES string of the molecule is COC(C)OC(C(=O)C(C)(C)C)C(=O)C(C)(C)C.[SrH2]. The maximum absolute atomic E-state index is 12.3. The Kier molecular flexibility index (Phi) is 9.56. The molecule has 0 fully saturated rings. The van der Waals surface area contributed by atoms with Gasteiger partial charge in [0.15, 0.2) is 24.0 Å². The van der Waals surface area contributed by atoms with E-state index in [2.05, 4.69) is 0 Å². The summed E-state index contributed by atoms with van der Waals surface area (Å²) in [5.41, 5.74) is -1.25. The van der Waals surface area contributed by atoms with Crippen LogP contribution in [0.25, 0.3) is 0 Å². The fourth-order valence-corrected chi connectivity index (χ4v) is 1.28. The summed E-state index contributed by atoms with van der Waals surface area (Å²) in [4.78, 5) is 24.6. The van der Waals surface area contributed by atoms with Crippen molar-refractivity contribution in [3.05, 3.63) is 0 Å². The van der Waals surface area contributed by atoms with Gasteiger partial charge in [-0.15, -0.1) is 0 Å². The number of methoxy groups -OCH3 is 1. The number of hydrogen-bond donors (Lipinski definition) is 0. The molecule has 1 unspecified atom stereocenters. The summed E-state index contributed by atoms with van der Waals surface area (Å²) in [6.45, 7) is 12.3. The van der Waals surface area contributed by atoms with Gasteiger partial charge in [-0.2, -0.15) is 0 Å². The first-order valence-corrected chi connectivity index (χ1v) is 6.18. The zero-order valence-electron chi connectivity index (χ0n) is 12.8. The molecule has 0 amide bonds. The third-order valence-corrected chi connectivity index (χ3v) is 2.61. The van der Waals surface area contributed by atoms with Crippen LogP contribution < -0.4 is 0 Å². The zero-order valence-corrected chi connectivity index (χ0v) is 12.8. The van der Waals surface area contributed by atoms with Crippen LogP contribution in [0.5, 0.6) is 0 Å². The van der Waals surface area contributed by atoms with Crippen molar-refractivity contribution in [1.29, 1.82) is 0 Å². The van der Waals surface area contributed by atoms with E-state index in [4.69, 9.17) is 9.47 Å². The van der Waals surface area contributed by atoms with Crippen LogP contribution in [-0.2, 0) is 19.1 Å². The number of carbonyl (C=O) groups excluding carboxylic acids is 2. The minimum absolute atomic E-state index is 0. The number of hydrogen-bond acceptors (Lipinski definition) is 4. The molecule has 0 aliphatic rings. The van der Waals surface area contributed by atoms with E-state index >= 15 is 0 Å². The number of ketones is 2. The quantitative estimate of drug-likeness (QED) is 0.431. The molecule has 0 heterocycles. The molecule has 0 aromatic rings. The standard InChI is InChI=1S/C14H26O4.Sr.2H/c1-9(17-8)18-10(11(15)13(2,3)4)12(16)14(5,6)7;;;/h9-10H,1-8H3;;;. The first-order chi connectivity index (χ1) is 7.91. The summed E-state index contributed by atoms with van der Waals surface area (Å²) in [5, 5.41) is 0. The Labute approximate surface area is 153 Å². The molecule has 0 bridgehead atoms. The van der Waals surface area contributed by atoms with Gasteiger partial charge in [0.2, 0.25) is 0 Å². The van der Waals surface area contributed by atoms with Gasteiger partial charge in [-0.3, -0.25) is 9.59 Å². The van der Waals surface area contributed by atoms with Gasteiger partial charge in [-0.1, -0.05) is 41.5 Å². The second kappa shape index (κ2) is 8.25. The van der Waals surface area contributed by atoms with E-state index in [0.717, 1.165) is 0 Å². The molecule has 0 radical (unpaired) electrons. The second-order valence-corrected chi connectivity index (χ2v) is 6.55. The number of carbonyl (C=O) groups is 2. The Hall–Kier alpha value is 0.741. The molecule has 0 saturated heterocycles. The molecule has 1 atom stereocenters. The van der Waals surface area contributed by atoms with Crippen molar-refractivity contribution in [3.8, 4) is 0 Å². The van der Waals surface area contributed by atoms with Crippen LogP contribution in [-0.4, -0.2) is 76.6 Å². The molecule has 5 heteroatoms. The first-order valence-electron chi connectivity index (χ1n) is 6.18. The van der Waals surface area contributed by atoms with E-state index < -0.39 is 23.2 Å². The van der Waals surface area contributed by atoms with Gasteiger partial charge in [-0.25, -0.2) is 0 Å². The van der Waals surface area contributed by atoms with Crippen molar-refractivity contribution in [2.45, 2.75) is 60.9 Å². The van der Waals surface area contributed by atoms with Crippen LogP contribution in [0.2, 0.25) is 0 Å². The fraction of sp³-hybridized carbons (Fsp3) is 0.857. The normalized spacial score (nSPS) is 13.9. The molecule has 110 valence electrons. The van der Waals surface area contributed by atoms with Crippen molar-refractivity contribution in [2.75, 3.05) is 7.11 Å². The first kappa shape index (κ1) is 22.0. The maximum atomic E-state index is 12.3. The summed E-state index contributed by atoms with van der Waals surface area (Å²) in [7, 11) is 1.48. The third kappa shape index (κ3) is 7.34. The molecule has 0 spiro atoms. The number of ether oxygens (including phenoxy) is 2. The Morgan fingerprint density at radius 3 is 1.42 bits per heavy atom. The predicted octanol–water partition coefficient (Wildman–Crippen LogP) is 1.68. The summed E-state index contributed by atoms with van der Waals surface area (Å²) in [5.74, 6) is -0.433. The van der Waals surface area contributed by atoms with E-state index in [-0.39, 0.29) is 57.0 Å². The molecule has 0 aliphatic heterocycles. The molecule has 0 N–H and O–H groups in total. The third-order valence-electron chi connectivity index (χ3n) is 2.61. The fourth-order valence-electron chi connectivity index (χ4n) is 1.28. The monoisotopic (exact) mass is 348 g/mol. The van der Waals surface area contributed by atoms with E-state index in [1.807, 2.05) is 0 Å². The van der Waals surface area contributed by atoms with Crippen molar-refractivity contribution in [1.82, 2.24) is 0 Å². The van der Waals surface area contributed by atoms with E-state index in [1.165, 1.54) is 7.11 Å². The summed E-state index contributed by atoms with van der Waals surface area (Å²) < 4.78 is 10.4. The molecular formula is C14H28O4Sr. The van der Waals surface area contributed by atoms with Crippen LogP contribution >= 0.6 is 0 Å². The second-order valence-electron chi connectivity index (χ2n) is 6.55. The van der Waals surface area contributed by atoms with Crippen LogP contribution in [0.4, 0.5) is 0 Å². The van der Waals surface area contributed by atoms with Crippen LogP contribution in [0.3, 0.4) is 0 Å². The Morgan fingerprint density at radius 2 is 1.21 bits per heavy atom. The molecule has 19 heavy (non-hydrogen) atoms. The van der Waals surface area contributed by atoms with Gasteiger partial charge in [-0.05, 0) is 6.92 Å². The van der Waals surface area contributed by atoms with Gasteiger partial charge < -0.3 is 9.47 Å². The zero-order chi connectivity index (χ0) is 14.7. The van der Waals surface area contributed by atoms with Crippen molar-refractivity contribution in [2.24, 2.45) is 10.8 Å². The molecule has 0 saturated carbocycles. The average Bonchev–Trinajstić information content (AvgIpc) is 2.20. The van der Waals surface area contributed by atoms with Crippen molar-refractivity contribution >= 4 is 57.0 Å². The van der Waals surface area contributed by atoms with Gasteiger partial charge in [0.05, 0.1) is 0 Å². The summed E-state index contributed by atoms with van der Waals surface area (Å²) >= 11 is 0. The van der Waals surface area contributed by atoms with Crippen molar-refractivity contribution in [3.63, 3.8) is 0 Å². The summed E-state index contributed by atoms with van der Waals surface area (Å²) in [6, 6.07) is 0. The topological polar surface area (TPSA) is 52.6 Å². The molecule has 0 aromatic carbocycles. The van der Waals surface area contributed by atoms with Gasteiger partial charge >= 0.3 is 45.5 Å². The van der Waals surface area contributed by atoms with E-state index in [0.29, 0.717) is 0 Å². The Morgan fingerprint density at radius 1 is 0.895 bits per heavy atom. The van der Waals surface area contributed by atoms with E-state index in [9.17, 15) is 9.59 Å². The van der Waals surface area contributed by atoms with Gasteiger partial charge in [0.1, 0.15) is 0 Å². The Bertz CT molecular complexity index is 286. The number of Topliss-reactive ketones (excluding diaryl/α,β-unsaturated/α-hetero) is 2. The van der Waals surface area contributed by atoms with Crippen LogP contribution in [0, 0.1) is 10.8 Å². The van der Waals surface area contributed by atoms with Gasteiger partial charge in [0.25, 0.3) is 0 Å². The predicted molar refractivity (Wildman–Crippen MR) is 78.8 cm³/mol. The molecule has 4 nitrogen and oxygen atoms in total. The average molecular weight is 348 g/mol. The van der Waals surface area contributed by atoms with Crippen LogP contribution in [0.1, 0.15) is 48.5 Å².